The zero-order valence-electron chi connectivity index (χ0n) is 55.7. The largest absolute Gasteiger partial charge is 0.497 e. The van der Waals surface area contributed by atoms with E-state index in [4.69, 9.17) is 4.74 Å². The van der Waals surface area contributed by atoms with Crippen LogP contribution in [0.2, 0.25) is 0 Å². The minimum Gasteiger partial charge on any atom is -0.497 e. The molecule has 0 aliphatic carbocycles. The van der Waals surface area contributed by atoms with Crippen LogP contribution < -0.4 is 4.74 Å². The van der Waals surface area contributed by atoms with E-state index in [0.29, 0.717) is 0 Å². The fraction of sp³-hybridized carbons (Fsp3) is 0.0309. The molecule has 0 aliphatic heterocycles. The van der Waals surface area contributed by atoms with Crippen LogP contribution in [0.5, 0.6) is 5.75 Å². The molecule has 470 valence electrons. The lowest BCUT2D eigenvalue weighted by Gasteiger charge is -2.19. The van der Waals surface area contributed by atoms with Crippen molar-refractivity contribution in [3.8, 4) is 72.8 Å². The first-order valence-electron chi connectivity index (χ1n) is 34.6. The fourth-order valence-electron chi connectivity index (χ4n) is 16.3. The van der Waals surface area contributed by atoms with Crippen LogP contribution in [0.25, 0.3) is 186 Å². The molecule has 20 aromatic rings. The van der Waals surface area contributed by atoms with E-state index in [1.165, 1.54) is 186 Å². The van der Waals surface area contributed by atoms with Crippen molar-refractivity contribution in [2.75, 3.05) is 7.11 Å². The van der Waals surface area contributed by atoms with Gasteiger partial charge in [0.05, 0.1) is 29.2 Å². The molecule has 100 heavy (non-hydrogen) atoms. The quantitative estimate of drug-likeness (QED) is 0.139. The smallest absolute Gasteiger partial charge is 0.119 e. The highest BCUT2D eigenvalue weighted by Crippen LogP contribution is 2.48. The Kier molecular flexibility index (Phi) is 13.9. The molecule has 0 atom stereocenters. The number of fused-ring (bicyclic) bond motifs is 13. The van der Waals surface area contributed by atoms with Crippen molar-refractivity contribution in [3.05, 3.63) is 357 Å². The van der Waals surface area contributed by atoms with Crippen LogP contribution in [0.3, 0.4) is 0 Å². The SMILES string of the molecule is COc1ccc2cc(-c3c4ccccc4c(-c4ccc(-n5c6ccccc6c6ccccc65)cc4)c4cc(C)ccc34)ccc2c1.Cc1ccc2cc(-c3c4ccccc4c(-c4ccc(-n5c6ccccc6c6cc(-c7cccc8ccccc78)ccc65)cc4)c4ccccc34)ccc2c1. The van der Waals surface area contributed by atoms with Crippen molar-refractivity contribution in [2.24, 2.45) is 0 Å². The number of hydrogen-bond acceptors (Lipinski definition) is 1. The van der Waals surface area contributed by atoms with Crippen LogP contribution in [0.1, 0.15) is 11.1 Å². The molecule has 0 aliphatic rings. The number of benzene rings is 18. The summed E-state index contributed by atoms with van der Waals surface area (Å²) in [6.45, 7) is 4.35. The van der Waals surface area contributed by atoms with Crippen molar-refractivity contribution in [3.63, 3.8) is 0 Å². The van der Waals surface area contributed by atoms with E-state index in [2.05, 4.69) is 363 Å². The summed E-state index contributed by atoms with van der Waals surface area (Å²) in [4.78, 5) is 0. The average molecular weight is 1280 g/mol. The average Bonchev–Trinajstić information content (AvgIpc) is 0.870. The number of hydrogen-bond donors (Lipinski definition) is 0. The lowest BCUT2D eigenvalue weighted by molar-refractivity contribution is 0.415. The van der Waals surface area contributed by atoms with E-state index in [9.17, 15) is 0 Å². The van der Waals surface area contributed by atoms with Crippen LogP contribution in [-0.4, -0.2) is 16.2 Å². The Hall–Kier alpha value is -12.8. The van der Waals surface area contributed by atoms with E-state index in [1.807, 2.05) is 6.07 Å². The van der Waals surface area contributed by atoms with Gasteiger partial charge in [-0.05, 0) is 224 Å². The lowest BCUT2D eigenvalue weighted by atomic mass is 9.85. The van der Waals surface area contributed by atoms with Crippen LogP contribution in [0, 0.1) is 13.8 Å². The summed E-state index contributed by atoms with van der Waals surface area (Å²) < 4.78 is 10.3. The number of para-hydroxylation sites is 3. The molecule has 3 nitrogen and oxygen atoms in total. The Labute approximate surface area is 579 Å². The van der Waals surface area contributed by atoms with Gasteiger partial charge >= 0.3 is 0 Å². The summed E-state index contributed by atoms with van der Waals surface area (Å²) in [6.07, 6.45) is 0. The van der Waals surface area contributed by atoms with Gasteiger partial charge in [0.1, 0.15) is 5.75 Å². The highest BCUT2D eigenvalue weighted by Gasteiger charge is 2.22. The Bertz CT molecular complexity index is 6590. The van der Waals surface area contributed by atoms with E-state index in [-0.39, 0.29) is 0 Å². The number of ether oxygens (including phenoxy) is 1. The molecule has 0 amide bonds. The zero-order chi connectivity index (χ0) is 66.5. The molecule has 0 spiro atoms. The van der Waals surface area contributed by atoms with Crippen molar-refractivity contribution in [1.29, 1.82) is 0 Å². The topological polar surface area (TPSA) is 19.1 Å². The first-order chi connectivity index (χ1) is 49.4. The third-order valence-electron chi connectivity index (χ3n) is 20.9. The van der Waals surface area contributed by atoms with Gasteiger partial charge in [-0.15, -0.1) is 0 Å². The minimum absolute atomic E-state index is 0.875. The maximum absolute atomic E-state index is 5.48. The zero-order valence-corrected chi connectivity index (χ0v) is 55.7. The van der Waals surface area contributed by atoms with Crippen LogP contribution in [-0.2, 0) is 0 Å². The van der Waals surface area contributed by atoms with Gasteiger partial charge in [-0.3, -0.25) is 0 Å². The summed E-state index contributed by atoms with van der Waals surface area (Å²) in [5.74, 6) is 0.875. The van der Waals surface area contributed by atoms with Gasteiger partial charge in [0.25, 0.3) is 0 Å². The lowest BCUT2D eigenvalue weighted by Crippen LogP contribution is -1.95. The summed E-state index contributed by atoms with van der Waals surface area (Å²) >= 11 is 0. The molecule has 2 aromatic heterocycles. The molecule has 0 radical (unpaired) electrons. The van der Waals surface area contributed by atoms with Gasteiger partial charge in [-0.1, -0.05) is 278 Å². The van der Waals surface area contributed by atoms with Crippen molar-refractivity contribution in [1.82, 2.24) is 9.13 Å². The third kappa shape index (κ3) is 9.64. The normalized spacial score (nSPS) is 11.8. The standard InChI is InChI=1S/C53H35N.C44H31NO/c1-34-21-22-38-32-40(24-23-37(38)31-34)53-47-17-6-4-15-45(47)52(46-16-5-7-18-48(46)53)36-25-28-41(29-26-36)54-50-20-9-8-14-44(50)49-33-39(27-30-51(49)54)43-19-10-12-35-11-2-3-13-42(35)43;1-28-15-24-39-40(25-28)43(29-18-21-33(22-19-29)45-41-13-7-5-9-35(41)36-10-6-8-14-42(36)45)37-11-3-4-12-38(37)44(39)32-17-16-31-27-34(46-2)23-20-30(31)26-32/h2-33H,1H3;3-27H,1-2H3. The summed E-state index contributed by atoms with van der Waals surface area (Å²) in [5, 5.41) is 22.6. The number of aryl methyl sites for hydroxylation is 2. The van der Waals surface area contributed by atoms with Crippen molar-refractivity contribution >= 4 is 119 Å². The van der Waals surface area contributed by atoms with Gasteiger partial charge in [0, 0.05) is 32.9 Å². The van der Waals surface area contributed by atoms with E-state index < -0.39 is 0 Å². The highest BCUT2D eigenvalue weighted by atomic mass is 16.5. The molecule has 18 aromatic carbocycles. The molecule has 0 unspecified atom stereocenters. The fourth-order valence-corrected chi connectivity index (χ4v) is 16.3. The Morgan fingerprint density at radius 1 is 0.210 bits per heavy atom. The highest BCUT2D eigenvalue weighted by molar-refractivity contribution is 6.24. The monoisotopic (exact) mass is 1270 g/mol. The number of nitrogens with zero attached hydrogens (tertiary/aromatic N) is 2. The van der Waals surface area contributed by atoms with Crippen molar-refractivity contribution in [2.45, 2.75) is 13.8 Å². The second-order valence-electron chi connectivity index (χ2n) is 26.8. The second-order valence-corrected chi connectivity index (χ2v) is 26.8. The number of aromatic nitrogens is 2. The van der Waals surface area contributed by atoms with Crippen LogP contribution in [0.15, 0.2) is 346 Å². The number of methoxy groups -OCH3 is 1. The summed E-state index contributed by atoms with van der Waals surface area (Å²) in [6, 6.07) is 127. The van der Waals surface area contributed by atoms with Gasteiger partial charge in [0.15, 0.2) is 0 Å². The van der Waals surface area contributed by atoms with Crippen molar-refractivity contribution < 1.29 is 4.74 Å². The Morgan fingerprint density at radius 2 is 0.570 bits per heavy atom. The molecule has 20 rings (SSSR count). The van der Waals surface area contributed by atoms with Gasteiger partial charge in [-0.25, -0.2) is 0 Å². The minimum atomic E-state index is 0.875. The molecule has 3 heteroatoms. The third-order valence-corrected chi connectivity index (χ3v) is 20.9. The van der Waals surface area contributed by atoms with E-state index in [1.54, 1.807) is 7.11 Å². The first-order valence-corrected chi connectivity index (χ1v) is 34.6. The molecule has 0 N–H and O–H groups in total. The molecule has 2 heterocycles. The number of rotatable bonds is 8. The van der Waals surface area contributed by atoms with Crippen LogP contribution >= 0.6 is 0 Å². The van der Waals surface area contributed by atoms with E-state index in [0.717, 1.165) is 17.1 Å². The molecule has 0 fully saturated rings. The predicted octanol–water partition coefficient (Wildman–Crippen LogP) is 26.6. The summed E-state index contributed by atoms with van der Waals surface area (Å²) in [5.41, 5.74) is 22.2. The summed E-state index contributed by atoms with van der Waals surface area (Å²) in [7, 11) is 1.72. The maximum atomic E-state index is 5.48. The Morgan fingerprint density at radius 3 is 1.10 bits per heavy atom. The Balaban J connectivity index is 0.000000141. The second kappa shape index (κ2) is 23.8. The van der Waals surface area contributed by atoms with Gasteiger partial charge < -0.3 is 13.9 Å². The maximum Gasteiger partial charge on any atom is 0.119 e. The molecule has 0 bridgehead atoms. The van der Waals surface area contributed by atoms with Crippen LogP contribution in [0.4, 0.5) is 0 Å². The first kappa shape index (κ1) is 58.5. The van der Waals surface area contributed by atoms with Gasteiger partial charge in [-0.2, -0.15) is 0 Å². The predicted molar refractivity (Wildman–Crippen MR) is 427 cm³/mol. The molecule has 0 saturated heterocycles. The van der Waals surface area contributed by atoms with E-state index >= 15 is 0 Å². The van der Waals surface area contributed by atoms with Gasteiger partial charge in [0.2, 0.25) is 0 Å². The molecule has 0 saturated carbocycles. The molecular formula is C97H66N2O. The molecular weight excluding hydrogens is 1210 g/mol.